The maximum absolute atomic E-state index is 12.2. The lowest BCUT2D eigenvalue weighted by Crippen LogP contribution is -2.15. The summed E-state index contributed by atoms with van der Waals surface area (Å²) in [5.41, 5.74) is 11.9. The van der Waals surface area contributed by atoms with E-state index in [4.69, 9.17) is 5.73 Å². The summed E-state index contributed by atoms with van der Waals surface area (Å²) in [6.45, 7) is 2.24. The standard InChI is InChI=1S/C29H30N2O2/c1-2-3-4-5-6-7-20-8-10-21(11-9-20)22-12-14-23(15-13-22)31-25-17-19-26(32)28-24(30)16-18-27(33)29(25)28/h8-19,33H,2-7,30H2,1H3. The maximum Gasteiger partial charge on any atom is 0.188 e. The molecule has 3 aromatic rings. The van der Waals surface area contributed by atoms with Crippen molar-refractivity contribution in [3.05, 3.63) is 89.5 Å². The van der Waals surface area contributed by atoms with E-state index in [1.807, 2.05) is 24.3 Å². The summed E-state index contributed by atoms with van der Waals surface area (Å²) in [7, 11) is 0. The minimum Gasteiger partial charge on any atom is -0.507 e. The fraction of sp³-hybridized carbons (Fsp3) is 0.241. The number of phenolic OH excluding ortho intramolecular Hbond substituents is 1. The topological polar surface area (TPSA) is 75.7 Å². The molecule has 0 aliphatic heterocycles. The zero-order valence-corrected chi connectivity index (χ0v) is 19.1. The number of unbranched alkanes of at least 4 members (excludes halogenated alkanes) is 4. The second kappa shape index (κ2) is 10.3. The van der Waals surface area contributed by atoms with Gasteiger partial charge in [-0.05, 0) is 65.9 Å². The Kier molecular flexibility index (Phi) is 7.04. The minimum absolute atomic E-state index is 0.00211. The van der Waals surface area contributed by atoms with Gasteiger partial charge in [0.15, 0.2) is 5.78 Å². The molecule has 3 N–H and O–H groups in total. The number of aliphatic imine (C=N–C) groups is 1. The number of phenols is 1. The number of carbonyl (C=O) groups excluding carboxylic acids is 1. The van der Waals surface area contributed by atoms with Gasteiger partial charge in [0.2, 0.25) is 0 Å². The lowest BCUT2D eigenvalue weighted by atomic mass is 9.92. The third-order valence-corrected chi connectivity index (χ3v) is 6.08. The van der Waals surface area contributed by atoms with Crippen LogP contribution in [-0.4, -0.2) is 16.6 Å². The normalized spacial score (nSPS) is 14.0. The van der Waals surface area contributed by atoms with Crippen LogP contribution in [0.25, 0.3) is 11.1 Å². The summed E-state index contributed by atoms with van der Waals surface area (Å²) in [5.74, 6) is -0.227. The van der Waals surface area contributed by atoms with E-state index >= 15 is 0 Å². The van der Waals surface area contributed by atoms with Gasteiger partial charge in [-0.1, -0.05) is 69.0 Å². The largest absolute Gasteiger partial charge is 0.507 e. The van der Waals surface area contributed by atoms with Gasteiger partial charge in [-0.3, -0.25) is 4.79 Å². The van der Waals surface area contributed by atoms with Crippen molar-refractivity contribution >= 4 is 22.9 Å². The molecule has 0 radical (unpaired) electrons. The van der Waals surface area contributed by atoms with E-state index in [9.17, 15) is 9.90 Å². The molecule has 1 aliphatic carbocycles. The van der Waals surface area contributed by atoms with Gasteiger partial charge >= 0.3 is 0 Å². The molecule has 0 heterocycles. The first-order chi connectivity index (χ1) is 16.1. The van der Waals surface area contributed by atoms with E-state index in [2.05, 4.69) is 36.2 Å². The van der Waals surface area contributed by atoms with Crippen LogP contribution in [0.4, 0.5) is 11.4 Å². The molecule has 0 unspecified atom stereocenters. The van der Waals surface area contributed by atoms with Gasteiger partial charge in [0.05, 0.1) is 22.5 Å². The maximum atomic E-state index is 12.2. The van der Waals surface area contributed by atoms with E-state index < -0.39 is 0 Å². The number of ketones is 1. The fourth-order valence-electron chi connectivity index (χ4n) is 4.21. The van der Waals surface area contributed by atoms with Crippen molar-refractivity contribution in [2.24, 2.45) is 4.99 Å². The molecule has 1 aliphatic rings. The number of nitrogens with zero attached hydrogens (tertiary/aromatic N) is 1. The zero-order chi connectivity index (χ0) is 23.2. The van der Waals surface area contributed by atoms with Crippen molar-refractivity contribution in [3.63, 3.8) is 0 Å². The van der Waals surface area contributed by atoms with Gasteiger partial charge in [-0.2, -0.15) is 0 Å². The highest BCUT2D eigenvalue weighted by atomic mass is 16.3. The number of anilines is 1. The van der Waals surface area contributed by atoms with Crippen molar-refractivity contribution in [3.8, 4) is 16.9 Å². The summed E-state index contributed by atoms with van der Waals surface area (Å²) in [6.07, 6.45) is 10.7. The quantitative estimate of drug-likeness (QED) is 0.225. The summed E-state index contributed by atoms with van der Waals surface area (Å²) < 4.78 is 0. The molecule has 0 bridgehead atoms. The summed E-state index contributed by atoms with van der Waals surface area (Å²) in [5, 5.41) is 10.3. The smallest absolute Gasteiger partial charge is 0.188 e. The number of hydrogen-bond donors (Lipinski definition) is 2. The Balaban J connectivity index is 1.48. The Morgan fingerprint density at radius 3 is 2.15 bits per heavy atom. The average Bonchev–Trinajstić information content (AvgIpc) is 2.83. The van der Waals surface area contributed by atoms with Crippen LogP contribution in [0, 0.1) is 0 Å². The Morgan fingerprint density at radius 2 is 1.45 bits per heavy atom. The minimum atomic E-state index is -0.225. The number of aryl methyl sites for hydroxylation is 1. The van der Waals surface area contributed by atoms with Crippen molar-refractivity contribution in [2.75, 3.05) is 5.73 Å². The van der Waals surface area contributed by atoms with Crippen LogP contribution in [0.3, 0.4) is 0 Å². The number of benzene rings is 3. The monoisotopic (exact) mass is 438 g/mol. The second-order valence-electron chi connectivity index (χ2n) is 8.53. The number of fused-ring (bicyclic) bond motifs is 1. The van der Waals surface area contributed by atoms with E-state index in [0.29, 0.717) is 22.5 Å². The third kappa shape index (κ3) is 5.23. The molecule has 4 nitrogen and oxygen atoms in total. The van der Waals surface area contributed by atoms with E-state index in [-0.39, 0.29) is 11.5 Å². The van der Waals surface area contributed by atoms with Crippen molar-refractivity contribution < 1.29 is 9.90 Å². The van der Waals surface area contributed by atoms with Gasteiger partial charge in [-0.15, -0.1) is 0 Å². The molecule has 0 atom stereocenters. The third-order valence-electron chi connectivity index (χ3n) is 6.08. The number of aromatic hydroxyl groups is 1. The van der Waals surface area contributed by atoms with Gasteiger partial charge < -0.3 is 10.8 Å². The van der Waals surface area contributed by atoms with Crippen molar-refractivity contribution in [1.29, 1.82) is 0 Å². The number of allylic oxidation sites excluding steroid dienone is 2. The lowest BCUT2D eigenvalue weighted by molar-refractivity contribution is 0.104. The molecule has 0 saturated carbocycles. The SMILES string of the molecule is CCCCCCCc1ccc(-c2ccc(N=C3C=CC(=O)c4c(N)ccc(O)c43)cc2)cc1. The van der Waals surface area contributed by atoms with Gasteiger partial charge in [-0.25, -0.2) is 4.99 Å². The molecule has 4 heteroatoms. The van der Waals surface area contributed by atoms with Gasteiger partial charge in [0.1, 0.15) is 5.75 Å². The molecule has 0 spiro atoms. The first-order valence-electron chi connectivity index (χ1n) is 11.7. The first-order valence-corrected chi connectivity index (χ1v) is 11.7. The summed E-state index contributed by atoms with van der Waals surface area (Å²) >= 11 is 0. The summed E-state index contributed by atoms with van der Waals surface area (Å²) in [6, 6.07) is 19.8. The van der Waals surface area contributed by atoms with Crippen LogP contribution in [0.15, 0.2) is 77.8 Å². The number of carbonyl (C=O) groups is 1. The fourth-order valence-corrected chi connectivity index (χ4v) is 4.21. The highest BCUT2D eigenvalue weighted by Crippen LogP contribution is 2.32. The average molecular weight is 439 g/mol. The zero-order valence-electron chi connectivity index (χ0n) is 19.1. The molecule has 0 aromatic heterocycles. The molecule has 0 saturated heterocycles. The predicted molar refractivity (Wildman–Crippen MR) is 137 cm³/mol. The van der Waals surface area contributed by atoms with Crippen LogP contribution < -0.4 is 5.73 Å². The second-order valence-corrected chi connectivity index (χ2v) is 8.53. The molecule has 0 fully saturated rings. The molecule has 168 valence electrons. The number of nitrogen functional groups attached to an aromatic ring is 1. The molecule has 3 aromatic carbocycles. The number of hydrogen-bond acceptors (Lipinski definition) is 4. The highest BCUT2D eigenvalue weighted by Gasteiger charge is 2.23. The van der Waals surface area contributed by atoms with Gasteiger partial charge in [0, 0.05) is 5.69 Å². The molecule has 0 amide bonds. The van der Waals surface area contributed by atoms with Gasteiger partial charge in [0.25, 0.3) is 0 Å². The number of nitrogens with two attached hydrogens (primary N) is 1. The van der Waals surface area contributed by atoms with Crippen LogP contribution in [0.2, 0.25) is 0 Å². The Bertz CT molecular complexity index is 1190. The first kappa shape index (κ1) is 22.5. The van der Waals surface area contributed by atoms with Crippen molar-refractivity contribution in [1.82, 2.24) is 0 Å². The van der Waals surface area contributed by atoms with E-state index in [0.717, 1.165) is 17.7 Å². The Morgan fingerprint density at radius 1 is 0.788 bits per heavy atom. The molecular weight excluding hydrogens is 408 g/mol. The van der Waals surface area contributed by atoms with E-state index in [1.165, 1.54) is 61.4 Å². The van der Waals surface area contributed by atoms with Crippen LogP contribution in [0.1, 0.15) is 60.5 Å². The predicted octanol–water partition coefficient (Wildman–Crippen LogP) is 7.03. The van der Waals surface area contributed by atoms with Crippen molar-refractivity contribution in [2.45, 2.75) is 45.4 Å². The Labute approximate surface area is 195 Å². The molecular formula is C29H30N2O2. The number of rotatable bonds is 8. The molecule has 33 heavy (non-hydrogen) atoms. The van der Waals surface area contributed by atoms with E-state index in [1.54, 1.807) is 6.08 Å². The molecule has 4 rings (SSSR count). The summed E-state index contributed by atoms with van der Waals surface area (Å²) in [4.78, 5) is 16.9. The van der Waals surface area contributed by atoms with Crippen LogP contribution in [0.5, 0.6) is 5.75 Å². The highest BCUT2D eigenvalue weighted by molar-refractivity contribution is 6.27. The lowest BCUT2D eigenvalue weighted by Gasteiger charge is -2.16. The van der Waals surface area contributed by atoms with Crippen LogP contribution in [-0.2, 0) is 6.42 Å². The Hall–Kier alpha value is -3.66. The van der Waals surface area contributed by atoms with Crippen LogP contribution >= 0.6 is 0 Å².